The SMILES string of the molecule is O=C(O)c1ccc(-n2c(O)c3c(c2O)CCCC3)cc1O.O=C(O)c1ccc(-n2c(O)c3c(c2O)CCCC3)cc1O. The van der Waals surface area contributed by atoms with Gasteiger partial charge in [0.1, 0.15) is 22.6 Å². The van der Waals surface area contributed by atoms with E-state index in [1.54, 1.807) is 0 Å². The third-order valence-electron chi connectivity index (χ3n) is 7.80. The van der Waals surface area contributed by atoms with Crippen molar-refractivity contribution in [2.45, 2.75) is 51.4 Å². The van der Waals surface area contributed by atoms with Crippen molar-refractivity contribution < 1.29 is 50.4 Å². The van der Waals surface area contributed by atoms with E-state index in [4.69, 9.17) is 10.2 Å². The Morgan fingerprint density at radius 2 is 0.786 bits per heavy atom. The molecular weight excluding hydrogens is 548 g/mol. The summed E-state index contributed by atoms with van der Waals surface area (Å²) in [5.41, 5.74) is 3.08. The van der Waals surface area contributed by atoms with E-state index in [-0.39, 0.29) is 34.6 Å². The first kappa shape index (κ1) is 28.3. The molecule has 12 heteroatoms. The van der Waals surface area contributed by atoms with Crippen LogP contribution in [0.1, 0.15) is 68.7 Å². The van der Waals surface area contributed by atoms with E-state index in [1.807, 2.05) is 0 Å². The maximum Gasteiger partial charge on any atom is 0.339 e. The Morgan fingerprint density at radius 1 is 0.500 bits per heavy atom. The molecule has 0 atom stereocenters. The summed E-state index contributed by atoms with van der Waals surface area (Å²) in [5, 5.41) is 78.4. The second-order valence-corrected chi connectivity index (χ2v) is 10.3. The van der Waals surface area contributed by atoms with E-state index in [0.29, 0.717) is 37.1 Å². The summed E-state index contributed by atoms with van der Waals surface area (Å²) in [6.07, 6.45) is 6.59. The van der Waals surface area contributed by atoms with Gasteiger partial charge in [-0.25, -0.2) is 9.59 Å². The molecule has 8 N–H and O–H groups in total. The van der Waals surface area contributed by atoms with Crippen LogP contribution < -0.4 is 0 Å². The van der Waals surface area contributed by atoms with Crippen molar-refractivity contribution in [2.75, 3.05) is 0 Å². The van der Waals surface area contributed by atoms with Crippen LogP contribution in [0.5, 0.6) is 35.0 Å². The number of hydrogen-bond donors (Lipinski definition) is 8. The van der Waals surface area contributed by atoms with Crippen LogP contribution in [-0.4, -0.2) is 61.9 Å². The van der Waals surface area contributed by atoms with Gasteiger partial charge in [-0.2, -0.15) is 0 Å². The number of aromatic nitrogens is 2. The fourth-order valence-corrected chi connectivity index (χ4v) is 5.71. The Kier molecular flexibility index (Phi) is 7.38. The number of aromatic hydroxyl groups is 6. The third-order valence-corrected chi connectivity index (χ3v) is 7.80. The minimum absolute atomic E-state index is 0.0512. The maximum absolute atomic E-state index is 10.9. The molecule has 0 saturated heterocycles. The summed E-state index contributed by atoms with van der Waals surface area (Å²) in [6.45, 7) is 0. The minimum atomic E-state index is -1.24. The Morgan fingerprint density at radius 3 is 1.02 bits per heavy atom. The van der Waals surface area contributed by atoms with Gasteiger partial charge in [-0.05, 0) is 75.6 Å². The van der Waals surface area contributed by atoms with Crippen LogP contribution in [0.2, 0.25) is 0 Å². The van der Waals surface area contributed by atoms with Crippen molar-refractivity contribution in [2.24, 2.45) is 0 Å². The zero-order valence-corrected chi connectivity index (χ0v) is 22.4. The van der Waals surface area contributed by atoms with Gasteiger partial charge >= 0.3 is 11.9 Å². The van der Waals surface area contributed by atoms with E-state index in [2.05, 4.69) is 0 Å². The van der Waals surface area contributed by atoms with Crippen molar-refractivity contribution in [3.05, 3.63) is 69.8 Å². The first-order valence-electron chi connectivity index (χ1n) is 13.4. The second kappa shape index (κ2) is 11.0. The van der Waals surface area contributed by atoms with Gasteiger partial charge in [0.05, 0.1) is 11.4 Å². The van der Waals surface area contributed by atoms with Gasteiger partial charge < -0.3 is 40.9 Å². The van der Waals surface area contributed by atoms with Crippen molar-refractivity contribution in [3.63, 3.8) is 0 Å². The number of nitrogens with zero attached hydrogens (tertiary/aromatic N) is 2. The molecule has 0 spiro atoms. The topological polar surface area (TPSA) is 206 Å². The van der Waals surface area contributed by atoms with Crippen molar-refractivity contribution in [1.82, 2.24) is 9.13 Å². The van der Waals surface area contributed by atoms with Crippen molar-refractivity contribution in [1.29, 1.82) is 0 Å². The summed E-state index contributed by atoms with van der Waals surface area (Å²) in [4.78, 5) is 21.8. The average molecular weight is 579 g/mol. The van der Waals surface area contributed by atoms with Gasteiger partial charge in [-0.3, -0.25) is 9.13 Å². The van der Waals surface area contributed by atoms with Gasteiger partial charge in [0.25, 0.3) is 0 Å². The average Bonchev–Trinajstić information content (AvgIpc) is 3.37. The molecule has 12 nitrogen and oxygen atoms in total. The number of rotatable bonds is 4. The van der Waals surface area contributed by atoms with Gasteiger partial charge in [0.15, 0.2) is 0 Å². The molecule has 4 aromatic rings. The predicted molar refractivity (Wildman–Crippen MR) is 149 cm³/mol. The van der Waals surface area contributed by atoms with Gasteiger partial charge in [-0.15, -0.1) is 0 Å². The predicted octanol–water partition coefficient (Wildman–Crippen LogP) is 4.34. The van der Waals surface area contributed by atoms with Crippen LogP contribution in [0.25, 0.3) is 11.4 Å². The molecule has 0 fully saturated rings. The molecule has 0 aliphatic heterocycles. The summed E-state index contributed by atoms with van der Waals surface area (Å²) < 4.78 is 2.47. The number of benzene rings is 2. The van der Waals surface area contributed by atoms with E-state index in [0.717, 1.165) is 47.9 Å². The highest BCUT2D eigenvalue weighted by atomic mass is 16.4. The highest BCUT2D eigenvalue weighted by molar-refractivity contribution is 5.91. The van der Waals surface area contributed by atoms with Gasteiger partial charge in [0.2, 0.25) is 23.5 Å². The molecule has 6 rings (SSSR count). The molecule has 2 aliphatic carbocycles. The number of fused-ring (bicyclic) bond motifs is 2. The Bertz CT molecular complexity index is 1530. The Hall–Kier alpha value is -5.26. The van der Waals surface area contributed by atoms with Gasteiger partial charge in [-0.1, -0.05) is 0 Å². The molecular formula is C30H30N2O10. The lowest BCUT2D eigenvalue weighted by atomic mass is 9.95. The molecule has 42 heavy (non-hydrogen) atoms. The molecule has 0 unspecified atom stereocenters. The Balaban J connectivity index is 0.000000168. The van der Waals surface area contributed by atoms with E-state index in [9.17, 15) is 40.2 Å². The largest absolute Gasteiger partial charge is 0.507 e. The quantitative estimate of drug-likeness (QED) is 0.172. The highest BCUT2D eigenvalue weighted by Crippen LogP contribution is 2.42. The third kappa shape index (κ3) is 4.80. The van der Waals surface area contributed by atoms with Crippen LogP contribution in [-0.2, 0) is 25.7 Å². The first-order chi connectivity index (χ1) is 20.0. The van der Waals surface area contributed by atoms with Crippen LogP contribution in [0.15, 0.2) is 36.4 Å². The number of hydrogen-bond acceptors (Lipinski definition) is 8. The number of aromatic carboxylic acids is 2. The molecule has 220 valence electrons. The molecule has 2 aromatic carbocycles. The fourth-order valence-electron chi connectivity index (χ4n) is 5.71. The lowest BCUT2D eigenvalue weighted by Crippen LogP contribution is -1.99. The number of carbonyl (C=O) groups is 2. The molecule has 0 radical (unpaired) electrons. The fraction of sp³-hybridized carbons (Fsp3) is 0.267. The lowest BCUT2D eigenvalue weighted by molar-refractivity contribution is 0.0682. The highest BCUT2D eigenvalue weighted by Gasteiger charge is 2.27. The van der Waals surface area contributed by atoms with Crippen LogP contribution in [0, 0.1) is 0 Å². The Labute approximate surface area is 239 Å². The zero-order chi connectivity index (χ0) is 30.3. The van der Waals surface area contributed by atoms with Crippen LogP contribution >= 0.6 is 0 Å². The monoisotopic (exact) mass is 578 g/mol. The maximum atomic E-state index is 10.9. The molecule has 2 heterocycles. The lowest BCUT2D eigenvalue weighted by Gasteiger charge is -2.09. The smallest absolute Gasteiger partial charge is 0.339 e. The summed E-state index contributed by atoms with van der Waals surface area (Å²) in [6, 6.07) is 7.79. The first-order valence-corrected chi connectivity index (χ1v) is 13.4. The number of carboxylic acids is 2. The van der Waals surface area contributed by atoms with E-state index >= 15 is 0 Å². The normalized spacial score (nSPS) is 13.9. The van der Waals surface area contributed by atoms with E-state index in [1.165, 1.54) is 45.5 Å². The molecule has 0 bridgehead atoms. The van der Waals surface area contributed by atoms with Crippen molar-refractivity contribution in [3.8, 4) is 46.4 Å². The summed E-state index contributed by atoms with van der Waals surface area (Å²) in [7, 11) is 0. The van der Waals surface area contributed by atoms with Crippen LogP contribution in [0.4, 0.5) is 0 Å². The standard InChI is InChI=1S/2C15H15NO5/c2*17-12-7-8(5-6-11(12)15(20)21)16-13(18)9-3-1-2-4-10(9)14(16)19/h2*5-7,17-19H,1-4H2,(H,20,21). The molecule has 2 aromatic heterocycles. The number of phenols is 2. The summed E-state index contributed by atoms with van der Waals surface area (Å²) in [5.74, 6) is -3.50. The van der Waals surface area contributed by atoms with Gasteiger partial charge in [0, 0.05) is 34.4 Å². The molecule has 0 amide bonds. The molecule has 0 saturated carbocycles. The van der Waals surface area contributed by atoms with Crippen LogP contribution in [0.3, 0.4) is 0 Å². The minimum Gasteiger partial charge on any atom is -0.507 e. The van der Waals surface area contributed by atoms with E-state index < -0.39 is 23.4 Å². The molecule has 2 aliphatic rings. The summed E-state index contributed by atoms with van der Waals surface area (Å²) >= 11 is 0. The number of carboxylic acid groups (broad SMARTS) is 2. The zero-order valence-electron chi connectivity index (χ0n) is 22.4. The second-order valence-electron chi connectivity index (χ2n) is 10.3. The van der Waals surface area contributed by atoms with Crippen molar-refractivity contribution >= 4 is 11.9 Å².